The molecule has 2 rings (SSSR count). The minimum absolute atomic E-state index is 0.0979. The van der Waals surface area contributed by atoms with Crippen LogP contribution in [0.4, 0.5) is 8.78 Å². The van der Waals surface area contributed by atoms with Gasteiger partial charge in [-0.1, -0.05) is 40.2 Å². The summed E-state index contributed by atoms with van der Waals surface area (Å²) in [7, 11) is 0. The topological polar surface area (TPSA) is 0 Å². The second-order valence-corrected chi connectivity index (χ2v) is 5.83. The van der Waals surface area contributed by atoms with Crippen molar-refractivity contribution in [2.45, 2.75) is 25.1 Å². The average molecular weight is 325 g/mol. The van der Waals surface area contributed by atoms with E-state index in [0.29, 0.717) is 6.42 Å². The Kier molecular flexibility index (Phi) is 4.35. The van der Waals surface area contributed by atoms with Crippen molar-refractivity contribution in [2.75, 3.05) is 0 Å². The molecule has 0 amide bonds. The van der Waals surface area contributed by atoms with E-state index in [0.717, 1.165) is 5.56 Å². The minimum atomic E-state index is -0.509. The lowest BCUT2D eigenvalue weighted by Gasteiger charge is -2.13. The second kappa shape index (κ2) is 5.83. The lowest BCUT2D eigenvalue weighted by Crippen LogP contribution is -2.02. The molecule has 100 valence electrons. The SMILES string of the molecule is Cc1ccc(CC(Br)c2c(F)cccc2F)cc1C. The van der Waals surface area contributed by atoms with Gasteiger partial charge in [-0.15, -0.1) is 0 Å². The molecule has 0 aliphatic heterocycles. The Labute approximate surface area is 120 Å². The Balaban J connectivity index is 2.25. The number of alkyl halides is 1. The molecule has 0 fully saturated rings. The summed E-state index contributed by atoms with van der Waals surface area (Å²) in [4.78, 5) is -0.365. The molecule has 0 heterocycles. The van der Waals surface area contributed by atoms with Crippen LogP contribution >= 0.6 is 15.9 Å². The van der Waals surface area contributed by atoms with Crippen LogP contribution in [0.2, 0.25) is 0 Å². The van der Waals surface area contributed by atoms with Crippen LogP contribution in [0.3, 0.4) is 0 Å². The van der Waals surface area contributed by atoms with Gasteiger partial charge >= 0.3 is 0 Å². The predicted molar refractivity (Wildman–Crippen MR) is 77.6 cm³/mol. The third-order valence-corrected chi connectivity index (χ3v) is 4.08. The van der Waals surface area contributed by atoms with Crippen LogP contribution in [0.1, 0.15) is 27.1 Å². The van der Waals surface area contributed by atoms with Crippen molar-refractivity contribution in [3.05, 3.63) is 70.3 Å². The molecule has 19 heavy (non-hydrogen) atoms. The van der Waals surface area contributed by atoms with Crippen molar-refractivity contribution in [3.8, 4) is 0 Å². The molecule has 0 spiro atoms. The highest BCUT2D eigenvalue weighted by Gasteiger charge is 2.17. The molecular formula is C16H15BrF2. The van der Waals surface area contributed by atoms with E-state index in [9.17, 15) is 8.78 Å². The van der Waals surface area contributed by atoms with Gasteiger partial charge in [-0.05, 0) is 49.1 Å². The summed E-state index contributed by atoms with van der Waals surface area (Å²) < 4.78 is 27.4. The zero-order valence-electron chi connectivity index (χ0n) is 10.9. The monoisotopic (exact) mass is 324 g/mol. The van der Waals surface area contributed by atoms with Crippen LogP contribution < -0.4 is 0 Å². The Morgan fingerprint density at radius 1 is 1.00 bits per heavy atom. The predicted octanol–water partition coefficient (Wildman–Crippen LogP) is 5.26. The van der Waals surface area contributed by atoms with E-state index in [1.807, 2.05) is 26.0 Å². The zero-order valence-corrected chi connectivity index (χ0v) is 12.5. The van der Waals surface area contributed by atoms with E-state index in [1.165, 1.54) is 29.3 Å². The van der Waals surface area contributed by atoms with Gasteiger partial charge in [0.25, 0.3) is 0 Å². The second-order valence-electron chi connectivity index (χ2n) is 4.73. The van der Waals surface area contributed by atoms with Gasteiger partial charge in [0.05, 0.1) is 0 Å². The molecule has 0 bridgehead atoms. The Hall–Kier alpha value is -1.22. The van der Waals surface area contributed by atoms with Gasteiger partial charge in [0.2, 0.25) is 0 Å². The maximum absolute atomic E-state index is 13.7. The maximum atomic E-state index is 13.7. The van der Waals surface area contributed by atoms with Crippen LogP contribution in [0.5, 0.6) is 0 Å². The summed E-state index contributed by atoms with van der Waals surface area (Å²) in [6.07, 6.45) is 0.555. The number of benzene rings is 2. The van der Waals surface area contributed by atoms with Crippen molar-refractivity contribution in [3.63, 3.8) is 0 Å². The molecule has 0 aromatic heterocycles. The first-order valence-corrected chi connectivity index (χ1v) is 7.04. The number of halogens is 3. The quantitative estimate of drug-likeness (QED) is 0.675. The van der Waals surface area contributed by atoms with Gasteiger partial charge in [-0.25, -0.2) is 8.78 Å². The molecule has 0 N–H and O–H groups in total. The molecule has 0 saturated carbocycles. The van der Waals surface area contributed by atoms with E-state index in [2.05, 4.69) is 22.0 Å². The first kappa shape index (κ1) is 14.2. The third kappa shape index (κ3) is 3.21. The van der Waals surface area contributed by atoms with E-state index in [-0.39, 0.29) is 10.4 Å². The number of hydrogen-bond acceptors (Lipinski definition) is 0. The highest BCUT2D eigenvalue weighted by atomic mass is 79.9. The molecule has 0 radical (unpaired) electrons. The summed E-state index contributed by atoms with van der Waals surface area (Å²) in [5.41, 5.74) is 3.56. The molecule has 2 aromatic rings. The molecule has 2 aromatic carbocycles. The van der Waals surface area contributed by atoms with E-state index in [4.69, 9.17) is 0 Å². The highest BCUT2D eigenvalue weighted by molar-refractivity contribution is 9.09. The highest BCUT2D eigenvalue weighted by Crippen LogP contribution is 2.31. The van der Waals surface area contributed by atoms with Crippen LogP contribution in [0, 0.1) is 25.5 Å². The van der Waals surface area contributed by atoms with E-state index >= 15 is 0 Å². The summed E-state index contributed by atoms with van der Waals surface area (Å²) in [5.74, 6) is -1.02. The standard InChI is InChI=1S/C16H15BrF2/c1-10-6-7-12(8-11(10)2)9-13(17)16-14(18)4-3-5-15(16)19/h3-8,13H,9H2,1-2H3. The van der Waals surface area contributed by atoms with Crippen molar-refractivity contribution in [2.24, 2.45) is 0 Å². The normalized spacial score (nSPS) is 12.5. The van der Waals surface area contributed by atoms with Gasteiger partial charge in [0.1, 0.15) is 11.6 Å². The van der Waals surface area contributed by atoms with Crippen LogP contribution in [0.15, 0.2) is 36.4 Å². The maximum Gasteiger partial charge on any atom is 0.130 e. The Morgan fingerprint density at radius 2 is 1.63 bits per heavy atom. The fourth-order valence-electron chi connectivity index (χ4n) is 2.05. The molecule has 1 atom stereocenters. The Morgan fingerprint density at radius 3 is 2.21 bits per heavy atom. The fourth-order valence-corrected chi connectivity index (χ4v) is 2.86. The smallest absolute Gasteiger partial charge is 0.130 e. The van der Waals surface area contributed by atoms with Crippen LogP contribution in [0.25, 0.3) is 0 Å². The van der Waals surface area contributed by atoms with Gasteiger partial charge in [-0.3, -0.25) is 0 Å². The van der Waals surface area contributed by atoms with Crippen molar-refractivity contribution in [1.29, 1.82) is 0 Å². The molecule has 1 unspecified atom stereocenters. The van der Waals surface area contributed by atoms with Crippen LogP contribution in [-0.2, 0) is 6.42 Å². The number of hydrogen-bond donors (Lipinski definition) is 0. The summed E-state index contributed by atoms with van der Waals surface area (Å²) in [6, 6.07) is 10.0. The van der Waals surface area contributed by atoms with Gasteiger partial charge < -0.3 is 0 Å². The van der Waals surface area contributed by atoms with Crippen molar-refractivity contribution < 1.29 is 8.78 Å². The van der Waals surface area contributed by atoms with Gasteiger partial charge in [-0.2, -0.15) is 0 Å². The summed E-state index contributed by atoms with van der Waals surface area (Å²) in [6.45, 7) is 4.08. The minimum Gasteiger partial charge on any atom is -0.207 e. The molecule has 0 nitrogen and oxygen atoms in total. The first-order valence-electron chi connectivity index (χ1n) is 6.13. The first-order chi connectivity index (χ1) is 8.99. The fraction of sp³-hybridized carbons (Fsp3) is 0.250. The Bertz CT molecular complexity index is 573. The summed E-state index contributed by atoms with van der Waals surface area (Å²) >= 11 is 3.39. The lowest BCUT2D eigenvalue weighted by molar-refractivity contribution is 0.553. The summed E-state index contributed by atoms with van der Waals surface area (Å²) in [5, 5.41) is 0. The molecule has 3 heteroatoms. The molecule has 0 aliphatic rings. The molecule has 0 aliphatic carbocycles. The van der Waals surface area contributed by atoms with Gasteiger partial charge in [0, 0.05) is 10.4 Å². The van der Waals surface area contributed by atoms with Gasteiger partial charge in [0.15, 0.2) is 0 Å². The average Bonchev–Trinajstić information content (AvgIpc) is 2.33. The molecular weight excluding hydrogens is 310 g/mol. The largest absolute Gasteiger partial charge is 0.207 e. The van der Waals surface area contributed by atoms with E-state index < -0.39 is 11.6 Å². The third-order valence-electron chi connectivity index (χ3n) is 3.30. The lowest BCUT2D eigenvalue weighted by atomic mass is 10.00. The van der Waals surface area contributed by atoms with Crippen molar-refractivity contribution >= 4 is 15.9 Å². The zero-order chi connectivity index (χ0) is 14.0. The molecule has 0 saturated heterocycles. The van der Waals surface area contributed by atoms with Crippen molar-refractivity contribution in [1.82, 2.24) is 0 Å². The van der Waals surface area contributed by atoms with Crippen LogP contribution in [-0.4, -0.2) is 0 Å². The number of aryl methyl sites for hydroxylation is 2. The number of rotatable bonds is 3. The van der Waals surface area contributed by atoms with E-state index in [1.54, 1.807) is 0 Å².